The van der Waals surface area contributed by atoms with Gasteiger partial charge in [-0.3, -0.25) is 14.3 Å². The Balaban J connectivity index is 1.38. The number of benzene rings is 2. The molecule has 0 bridgehead atoms. The Hall–Kier alpha value is -3.15. The molecule has 2 heterocycles. The van der Waals surface area contributed by atoms with Crippen LogP contribution in [0.5, 0.6) is 0 Å². The molecule has 1 aliphatic rings. The number of anilines is 1. The van der Waals surface area contributed by atoms with Gasteiger partial charge in [-0.05, 0) is 48.9 Å². The van der Waals surface area contributed by atoms with Crippen molar-refractivity contribution < 1.29 is 9.59 Å². The summed E-state index contributed by atoms with van der Waals surface area (Å²) in [6.45, 7) is 5.19. The van der Waals surface area contributed by atoms with Gasteiger partial charge in [0.1, 0.15) is 0 Å². The first-order valence-corrected chi connectivity index (χ1v) is 10.1. The molecule has 29 heavy (non-hydrogen) atoms. The van der Waals surface area contributed by atoms with Crippen LogP contribution in [0.1, 0.15) is 44.2 Å². The minimum absolute atomic E-state index is 0.199. The molecule has 1 aliphatic heterocycles. The third-order valence-electron chi connectivity index (χ3n) is 5.63. The maximum absolute atomic E-state index is 12.6. The lowest BCUT2D eigenvalue weighted by Gasteiger charge is -2.32. The molecular weight excluding hydrogens is 364 g/mol. The Bertz CT molecular complexity index is 1030. The molecule has 2 aromatic carbocycles. The van der Waals surface area contributed by atoms with Gasteiger partial charge in [0, 0.05) is 25.3 Å². The van der Waals surface area contributed by atoms with Crippen LogP contribution in [0.3, 0.4) is 0 Å². The highest BCUT2D eigenvalue weighted by molar-refractivity contribution is 6.39. The first-order valence-electron chi connectivity index (χ1n) is 10.1. The third-order valence-corrected chi connectivity index (χ3v) is 5.63. The number of carbonyl (C=O) groups excluding carboxylic acids is 2. The number of rotatable bonds is 3. The van der Waals surface area contributed by atoms with E-state index in [1.165, 1.54) is 16.3 Å². The fourth-order valence-electron chi connectivity index (χ4n) is 4.01. The van der Waals surface area contributed by atoms with E-state index in [4.69, 9.17) is 0 Å². The second kappa shape index (κ2) is 8.07. The fourth-order valence-corrected chi connectivity index (χ4v) is 4.01. The zero-order chi connectivity index (χ0) is 20.4. The first kappa shape index (κ1) is 19.2. The Morgan fingerprint density at radius 3 is 2.52 bits per heavy atom. The summed E-state index contributed by atoms with van der Waals surface area (Å²) in [6, 6.07) is 15.0. The minimum atomic E-state index is -0.600. The molecule has 150 valence electrons. The predicted molar refractivity (Wildman–Crippen MR) is 114 cm³/mol. The molecule has 6 heteroatoms. The van der Waals surface area contributed by atoms with Crippen molar-refractivity contribution in [3.05, 3.63) is 60.4 Å². The van der Waals surface area contributed by atoms with Gasteiger partial charge in [-0.1, -0.05) is 42.5 Å². The summed E-state index contributed by atoms with van der Waals surface area (Å²) >= 11 is 0. The number of nitrogens with zero attached hydrogens (tertiary/aromatic N) is 3. The predicted octanol–water partition coefficient (Wildman–Crippen LogP) is 3.96. The van der Waals surface area contributed by atoms with E-state index in [-0.39, 0.29) is 6.04 Å². The van der Waals surface area contributed by atoms with Gasteiger partial charge >= 0.3 is 11.8 Å². The molecule has 0 unspecified atom stereocenters. The highest BCUT2D eigenvalue weighted by Gasteiger charge is 2.28. The summed E-state index contributed by atoms with van der Waals surface area (Å²) in [4.78, 5) is 26.6. The number of aromatic nitrogens is 2. The summed E-state index contributed by atoms with van der Waals surface area (Å²) in [7, 11) is 0. The summed E-state index contributed by atoms with van der Waals surface area (Å²) < 4.78 is 1.75. The van der Waals surface area contributed by atoms with Gasteiger partial charge in [-0.25, -0.2) is 0 Å². The van der Waals surface area contributed by atoms with Crippen LogP contribution in [0.4, 0.5) is 5.69 Å². The normalized spacial score (nSPS) is 15.1. The number of amides is 2. The maximum atomic E-state index is 12.6. The lowest BCUT2D eigenvalue weighted by atomic mass is 9.86. The topological polar surface area (TPSA) is 67.2 Å². The Morgan fingerprint density at radius 2 is 1.79 bits per heavy atom. The first-order chi connectivity index (χ1) is 14.0. The molecule has 1 saturated heterocycles. The number of nitrogens with one attached hydrogen (secondary N) is 1. The van der Waals surface area contributed by atoms with Crippen LogP contribution in [0.25, 0.3) is 10.8 Å². The average Bonchev–Trinajstić information content (AvgIpc) is 3.22. The number of carbonyl (C=O) groups is 2. The van der Waals surface area contributed by atoms with E-state index in [1.807, 2.05) is 13.8 Å². The van der Waals surface area contributed by atoms with E-state index in [9.17, 15) is 9.59 Å². The van der Waals surface area contributed by atoms with Gasteiger partial charge in [0.25, 0.3) is 0 Å². The maximum Gasteiger partial charge on any atom is 0.313 e. The second-order valence-corrected chi connectivity index (χ2v) is 7.89. The highest BCUT2D eigenvalue weighted by atomic mass is 16.2. The van der Waals surface area contributed by atoms with E-state index in [1.54, 1.807) is 22.0 Å². The van der Waals surface area contributed by atoms with Crippen LogP contribution in [0, 0.1) is 0 Å². The Kier molecular flexibility index (Phi) is 5.34. The monoisotopic (exact) mass is 390 g/mol. The van der Waals surface area contributed by atoms with Gasteiger partial charge in [0.05, 0.1) is 11.9 Å². The van der Waals surface area contributed by atoms with Gasteiger partial charge < -0.3 is 10.2 Å². The molecule has 0 saturated carbocycles. The lowest BCUT2D eigenvalue weighted by Crippen LogP contribution is -2.43. The zero-order valence-electron chi connectivity index (χ0n) is 16.8. The largest absolute Gasteiger partial charge is 0.334 e. The van der Waals surface area contributed by atoms with E-state index < -0.39 is 11.8 Å². The minimum Gasteiger partial charge on any atom is -0.334 e. The summed E-state index contributed by atoms with van der Waals surface area (Å²) in [5, 5.41) is 9.37. The van der Waals surface area contributed by atoms with Crippen LogP contribution in [0.2, 0.25) is 0 Å². The van der Waals surface area contributed by atoms with Crippen molar-refractivity contribution in [2.45, 2.75) is 38.6 Å². The fraction of sp³-hybridized carbons (Fsp3) is 0.348. The van der Waals surface area contributed by atoms with Crippen molar-refractivity contribution in [3.8, 4) is 0 Å². The van der Waals surface area contributed by atoms with E-state index >= 15 is 0 Å². The van der Waals surface area contributed by atoms with Crippen molar-refractivity contribution in [1.29, 1.82) is 0 Å². The molecule has 0 spiro atoms. The smallest absolute Gasteiger partial charge is 0.313 e. The van der Waals surface area contributed by atoms with Crippen LogP contribution in [-0.4, -0.2) is 39.6 Å². The van der Waals surface area contributed by atoms with Crippen LogP contribution in [0.15, 0.2) is 54.9 Å². The lowest BCUT2D eigenvalue weighted by molar-refractivity contribution is -0.143. The standard InChI is InChI=1S/C23H26N4O2/c1-16(2)27-15-19(14-24-27)25-22(28)23(29)26-12-10-18(11-13-26)21-9-5-7-17-6-3-4-8-20(17)21/h3-9,14-16,18H,10-13H2,1-2H3,(H,25,28). The molecule has 1 fully saturated rings. The number of likely N-dealkylation sites (tertiary alicyclic amines) is 1. The quantitative estimate of drug-likeness (QED) is 0.688. The summed E-state index contributed by atoms with van der Waals surface area (Å²) in [5.74, 6) is -0.673. The molecule has 0 radical (unpaired) electrons. The van der Waals surface area contributed by atoms with E-state index in [2.05, 4.69) is 52.9 Å². The Labute approximate surface area is 170 Å². The molecule has 6 nitrogen and oxygen atoms in total. The van der Waals surface area contributed by atoms with Crippen LogP contribution < -0.4 is 5.32 Å². The van der Waals surface area contributed by atoms with Crippen molar-refractivity contribution >= 4 is 28.3 Å². The molecule has 3 aromatic rings. The van der Waals surface area contributed by atoms with Crippen LogP contribution >= 0.6 is 0 Å². The number of piperidine rings is 1. The van der Waals surface area contributed by atoms with E-state index in [0.717, 1.165) is 12.8 Å². The number of hydrogen-bond donors (Lipinski definition) is 1. The van der Waals surface area contributed by atoms with Crippen LogP contribution in [-0.2, 0) is 9.59 Å². The molecule has 0 atom stereocenters. The second-order valence-electron chi connectivity index (χ2n) is 7.89. The number of fused-ring (bicyclic) bond motifs is 1. The summed E-state index contributed by atoms with van der Waals surface area (Å²) in [6.07, 6.45) is 5.02. The van der Waals surface area contributed by atoms with Gasteiger partial charge in [-0.2, -0.15) is 5.10 Å². The van der Waals surface area contributed by atoms with Crippen molar-refractivity contribution in [1.82, 2.24) is 14.7 Å². The molecule has 2 amide bonds. The highest BCUT2D eigenvalue weighted by Crippen LogP contribution is 2.33. The molecule has 4 rings (SSSR count). The summed E-state index contributed by atoms with van der Waals surface area (Å²) in [5.41, 5.74) is 1.88. The average molecular weight is 390 g/mol. The SMILES string of the molecule is CC(C)n1cc(NC(=O)C(=O)N2CCC(c3cccc4ccccc34)CC2)cn1. The molecular formula is C23H26N4O2. The van der Waals surface area contributed by atoms with E-state index in [0.29, 0.717) is 24.7 Å². The molecule has 0 aliphatic carbocycles. The van der Waals surface area contributed by atoms with Gasteiger partial charge in [0.15, 0.2) is 0 Å². The van der Waals surface area contributed by atoms with Gasteiger partial charge in [0.2, 0.25) is 0 Å². The van der Waals surface area contributed by atoms with Crippen molar-refractivity contribution in [2.75, 3.05) is 18.4 Å². The third kappa shape index (κ3) is 4.01. The van der Waals surface area contributed by atoms with Gasteiger partial charge in [-0.15, -0.1) is 0 Å². The van der Waals surface area contributed by atoms with Crippen molar-refractivity contribution in [2.24, 2.45) is 0 Å². The Morgan fingerprint density at radius 1 is 1.07 bits per heavy atom. The molecule has 1 N–H and O–H groups in total. The zero-order valence-corrected chi connectivity index (χ0v) is 16.8. The number of hydrogen-bond acceptors (Lipinski definition) is 3. The molecule has 1 aromatic heterocycles. The van der Waals surface area contributed by atoms with Crippen molar-refractivity contribution in [3.63, 3.8) is 0 Å².